The van der Waals surface area contributed by atoms with Gasteiger partial charge in [0.1, 0.15) is 5.75 Å². The van der Waals surface area contributed by atoms with Crippen LogP contribution in [0.15, 0.2) is 18.2 Å². The molecule has 4 nitrogen and oxygen atoms in total. The molecule has 0 aliphatic heterocycles. The minimum atomic E-state index is -0.0334. The Bertz CT molecular complexity index is 547. The molecule has 2 aliphatic carbocycles. The fourth-order valence-electron chi connectivity index (χ4n) is 3.91. The van der Waals surface area contributed by atoms with Gasteiger partial charge in [0.15, 0.2) is 0 Å². The van der Waals surface area contributed by atoms with Gasteiger partial charge in [-0.25, -0.2) is 0 Å². The molecular weight excluding hydrogens is 288 g/mol. The Hall–Kier alpha value is -1.26. The van der Waals surface area contributed by atoms with E-state index in [9.17, 15) is 4.79 Å². The van der Waals surface area contributed by atoms with Gasteiger partial charge < -0.3 is 15.8 Å². The van der Waals surface area contributed by atoms with Gasteiger partial charge in [0, 0.05) is 23.2 Å². The number of hydrogen-bond acceptors (Lipinski definition) is 3. The highest BCUT2D eigenvalue weighted by Crippen LogP contribution is 2.47. The van der Waals surface area contributed by atoms with E-state index in [1.54, 1.807) is 13.2 Å². The van der Waals surface area contributed by atoms with Gasteiger partial charge in [-0.05, 0) is 49.3 Å². The number of carbonyl (C=O) groups is 1. The van der Waals surface area contributed by atoms with E-state index >= 15 is 0 Å². The van der Waals surface area contributed by atoms with Crippen molar-refractivity contribution < 1.29 is 9.53 Å². The van der Waals surface area contributed by atoms with Gasteiger partial charge >= 0.3 is 0 Å². The summed E-state index contributed by atoms with van der Waals surface area (Å²) >= 11 is 6.00. The Balaban J connectivity index is 1.65. The number of fused-ring (bicyclic) bond motifs is 2. The van der Waals surface area contributed by atoms with E-state index in [1.807, 2.05) is 12.1 Å². The Morgan fingerprint density at radius 1 is 1.43 bits per heavy atom. The van der Waals surface area contributed by atoms with E-state index in [-0.39, 0.29) is 17.9 Å². The zero-order chi connectivity index (χ0) is 15.0. The van der Waals surface area contributed by atoms with Gasteiger partial charge in [-0.1, -0.05) is 11.6 Å². The number of halogens is 1. The van der Waals surface area contributed by atoms with E-state index in [4.69, 9.17) is 22.1 Å². The summed E-state index contributed by atoms with van der Waals surface area (Å²) in [6, 6.07) is 5.43. The van der Waals surface area contributed by atoms with Gasteiger partial charge in [-0.2, -0.15) is 0 Å². The van der Waals surface area contributed by atoms with Crippen LogP contribution < -0.4 is 15.8 Å². The van der Waals surface area contributed by atoms with Crippen LogP contribution in [0.4, 0.5) is 0 Å². The lowest BCUT2D eigenvalue weighted by molar-refractivity contribution is -0.127. The highest BCUT2D eigenvalue weighted by molar-refractivity contribution is 6.30. The van der Waals surface area contributed by atoms with Crippen LogP contribution in [-0.2, 0) is 11.3 Å². The van der Waals surface area contributed by atoms with Crippen LogP contribution in [0.5, 0.6) is 5.75 Å². The number of ether oxygens (including phenoxy) is 1. The maximum atomic E-state index is 12.4. The van der Waals surface area contributed by atoms with Crippen LogP contribution in [0, 0.1) is 17.8 Å². The topological polar surface area (TPSA) is 64.3 Å². The van der Waals surface area contributed by atoms with Crippen LogP contribution >= 0.6 is 11.6 Å². The summed E-state index contributed by atoms with van der Waals surface area (Å²) in [4.78, 5) is 12.4. The molecule has 2 saturated carbocycles. The molecule has 21 heavy (non-hydrogen) atoms. The average Bonchev–Trinajstić information content (AvgIpc) is 3.05. The molecule has 0 saturated heterocycles. The standard InChI is InChI=1S/C16H21ClN2O2/c1-21-13-5-4-12(17)7-11(13)8-19-16(20)14-9-2-3-10(6-9)15(14)18/h4-5,7,9-10,14-15H,2-3,6,8,18H2,1H3,(H,19,20). The highest BCUT2D eigenvalue weighted by atomic mass is 35.5. The van der Waals surface area contributed by atoms with E-state index < -0.39 is 0 Å². The number of benzene rings is 1. The Morgan fingerprint density at radius 3 is 2.86 bits per heavy atom. The molecule has 5 heteroatoms. The predicted octanol–water partition coefficient (Wildman–Crippen LogP) is 2.34. The highest BCUT2D eigenvalue weighted by Gasteiger charge is 2.48. The summed E-state index contributed by atoms with van der Waals surface area (Å²) in [7, 11) is 1.61. The summed E-state index contributed by atoms with van der Waals surface area (Å²) in [6.45, 7) is 0.420. The lowest BCUT2D eigenvalue weighted by atomic mass is 9.84. The normalized spacial score (nSPS) is 30.4. The Morgan fingerprint density at radius 2 is 2.19 bits per heavy atom. The van der Waals surface area contributed by atoms with Gasteiger partial charge in [0.25, 0.3) is 0 Å². The second-order valence-corrected chi connectivity index (χ2v) is 6.55. The summed E-state index contributed by atoms with van der Waals surface area (Å²) in [5.74, 6) is 1.76. The molecule has 1 amide bonds. The maximum absolute atomic E-state index is 12.4. The average molecular weight is 309 g/mol. The number of rotatable bonds is 4. The third-order valence-corrected chi connectivity index (χ3v) is 5.21. The predicted molar refractivity (Wildman–Crippen MR) is 82.1 cm³/mol. The number of carbonyl (C=O) groups excluding carboxylic acids is 1. The summed E-state index contributed by atoms with van der Waals surface area (Å²) < 4.78 is 5.29. The Kier molecular flexibility index (Phi) is 4.09. The van der Waals surface area contributed by atoms with Gasteiger partial charge in [0.05, 0.1) is 13.0 Å². The smallest absolute Gasteiger partial charge is 0.225 e. The van der Waals surface area contributed by atoms with Crippen molar-refractivity contribution in [2.24, 2.45) is 23.5 Å². The van der Waals surface area contributed by atoms with Crippen LogP contribution in [0.2, 0.25) is 5.02 Å². The van der Waals surface area contributed by atoms with Crippen molar-refractivity contribution in [1.82, 2.24) is 5.32 Å². The van der Waals surface area contributed by atoms with Gasteiger partial charge in [0.2, 0.25) is 5.91 Å². The van der Waals surface area contributed by atoms with Gasteiger partial charge in [-0.15, -0.1) is 0 Å². The molecule has 0 heterocycles. The molecule has 1 aromatic carbocycles. The van der Waals surface area contributed by atoms with Crippen molar-refractivity contribution in [3.05, 3.63) is 28.8 Å². The zero-order valence-corrected chi connectivity index (χ0v) is 12.9. The number of amides is 1. The van der Waals surface area contributed by atoms with Gasteiger partial charge in [-0.3, -0.25) is 4.79 Å². The summed E-state index contributed by atoms with van der Waals surface area (Å²) in [5, 5.41) is 3.64. The van der Waals surface area contributed by atoms with Crippen LogP contribution in [0.25, 0.3) is 0 Å². The first-order chi connectivity index (χ1) is 10.1. The zero-order valence-electron chi connectivity index (χ0n) is 12.1. The summed E-state index contributed by atoms with van der Waals surface area (Å²) in [6.07, 6.45) is 3.43. The molecular formula is C16H21ClN2O2. The second-order valence-electron chi connectivity index (χ2n) is 6.11. The first kappa shape index (κ1) is 14.7. The fourth-order valence-corrected chi connectivity index (χ4v) is 4.11. The molecule has 114 valence electrons. The molecule has 0 aromatic heterocycles. The van der Waals surface area contributed by atoms with E-state index in [0.29, 0.717) is 23.4 Å². The van der Waals surface area contributed by atoms with E-state index in [0.717, 1.165) is 24.2 Å². The lowest BCUT2D eigenvalue weighted by Gasteiger charge is -2.27. The lowest BCUT2D eigenvalue weighted by Crippen LogP contribution is -2.45. The van der Waals surface area contributed by atoms with Crippen molar-refractivity contribution in [3.8, 4) is 5.75 Å². The van der Waals surface area contributed by atoms with Crippen LogP contribution in [0.1, 0.15) is 24.8 Å². The van der Waals surface area contributed by atoms with Crippen molar-refractivity contribution in [3.63, 3.8) is 0 Å². The molecule has 4 unspecified atom stereocenters. The third-order valence-electron chi connectivity index (χ3n) is 4.98. The Labute approximate surface area is 130 Å². The molecule has 3 N–H and O–H groups in total. The number of methoxy groups -OCH3 is 1. The molecule has 0 radical (unpaired) electrons. The van der Waals surface area contributed by atoms with Crippen molar-refractivity contribution in [2.75, 3.05) is 7.11 Å². The van der Waals surface area contributed by atoms with Crippen molar-refractivity contribution in [1.29, 1.82) is 0 Å². The first-order valence-corrected chi connectivity index (χ1v) is 7.83. The van der Waals surface area contributed by atoms with E-state index in [2.05, 4.69) is 5.32 Å². The minimum absolute atomic E-state index is 0.0185. The molecule has 1 aromatic rings. The summed E-state index contributed by atoms with van der Waals surface area (Å²) in [5.41, 5.74) is 7.09. The number of nitrogens with one attached hydrogen (secondary N) is 1. The van der Waals surface area contributed by atoms with Crippen molar-refractivity contribution in [2.45, 2.75) is 31.8 Å². The molecule has 0 spiro atoms. The minimum Gasteiger partial charge on any atom is -0.496 e. The largest absolute Gasteiger partial charge is 0.496 e. The van der Waals surface area contributed by atoms with Crippen molar-refractivity contribution >= 4 is 17.5 Å². The quantitative estimate of drug-likeness (QED) is 0.897. The van der Waals surface area contributed by atoms with Crippen LogP contribution in [-0.4, -0.2) is 19.1 Å². The fraction of sp³-hybridized carbons (Fsp3) is 0.562. The van der Waals surface area contributed by atoms with Crippen LogP contribution in [0.3, 0.4) is 0 Å². The first-order valence-electron chi connectivity index (χ1n) is 7.46. The third kappa shape index (κ3) is 2.74. The molecule has 2 fully saturated rings. The second kappa shape index (κ2) is 5.85. The van der Waals surface area contributed by atoms with E-state index in [1.165, 1.54) is 6.42 Å². The maximum Gasteiger partial charge on any atom is 0.225 e. The molecule has 2 bridgehead atoms. The molecule has 2 aliphatic rings. The SMILES string of the molecule is COc1ccc(Cl)cc1CNC(=O)C1C2CCC(C2)C1N. The molecule has 3 rings (SSSR count). The monoisotopic (exact) mass is 308 g/mol. The number of hydrogen-bond donors (Lipinski definition) is 2. The molecule has 4 atom stereocenters. The number of nitrogens with two attached hydrogens (primary N) is 1.